The van der Waals surface area contributed by atoms with E-state index >= 15 is 0 Å². The van der Waals surface area contributed by atoms with Gasteiger partial charge in [0.1, 0.15) is 10.8 Å². The summed E-state index contributed by atoms with van der Waals surface area (Å²) < 4.78 is 35.9. The standard InChI is InChI=1S/C17H17FN4O2S2/c1-11(13-3-2-4-15(10-13)26(19,23)24)20-17-22-21-16(25-17)9-12-5-7-14(18)8-6-12/h2-8,10-11H,9H2,1H3,(H,20,22)(H2,19,23,24). The van der Waals surface area contributed by atoms with Gasteiger partial charge in [-0.15, -0.1) is 10.2 Å². The number of aromatic nitrogens is 2. The normalized spacial score (nSPS) is 12.7. The van der Waals surface area contributed by atoms with Gasteiger partial charge in [0.2, 0.25) is 15.2 Å². The van der Waals surface area contributed by atoms with Gasteiger partial charge in [0, 0.05) is 6.42 Å². The number of primary sulfonamides is 1. The minimum atomic E-state index is -3.75. The summed E-state index contributed by atoms with van der Waals surface area (Å²) in [7, 11) is -3.75. The van der Waals surface area contributed by atoms with Crippen LogP contribution < -0.4 is 10.5 Å². The van der Waals surface area contributed by atoms with Crippen molar-refractivity contribution in [2.75, 3.05) is 5.32 Å². The van der Waals surface area contributed by atoms with Crippen LogP contribution in [-0.2, 0) is 16.4 Å². The Morgan fingerprint density at radius 2 is 1.92 bits per heavy atom. The SMILES string of the molecule is CC(Nc1nnc(Cc2ccc(F)cc2)s1)c1cccc(S(N)(=O)=O)c1. The van der Waals surface area contributed by atoms with Crippen molar-refractivity contribution in [1.29, 1.82) is 0 Å². The van der Waals surface area contributed by atoms with Crippen LogP contribution >= 0.6 is 11.3 Å². The van der Waals surface area contributed by atoms with E-state index in [1.807, 2.05) is 13.0 Å². The first-order valence-corrected chi connectivity index (χ1v) is 10.1. The number of benzene rings is 2. The molecule has 3 N–H and O–H groups in total. The number of nitrogens with one attached hydrogen (secondary N) is 1. The fraction of sp³-hybridized carbons (Fsp3) is 0.176. The van der Waals surface area contributed by atoms with E-state index in [0.29, 0.717) is 11.6 Å². The molecule has 0 saturated heterocycles. The molecule has 0 aliphatic rings. The highest BCUT2D eigenvalue weighted by molar-refractivity contribution is 7.89. The topological polar surface area (TPSA) is 98.0 Å². The summed E-state index contributed by atoms with van der Waals surface area (Å²) in [6, 6.07) is 12.5. The molecule has 0 fully saturated rings. The van der Waals surface area contributed by atoms with Crippen LogP contribution in [-0.4, -0.2) is 18.6 Å². The number of hydrogen-bond donors (Lipinski definition) is 2. The van der Waals surface area contributed by atoms with Crippen LogP contribution in [0.15, 0.2) is 53.4 Å². The quantitative estimate of drug-likeness (QED) is 0.672. The maximum absolute atomic E-state index is 13.0. The Kier molecular flexibility index (Phi) is 5.30. The Labute approximate surface area is 155 Å². The molecular weight excluding hydrogens is 375 g/mol. The monoisotopic (exact) mass is 392 g/mol. The second kappa shape index (κ2) is 7.48. The first kappa shape index (κ1) is 18.4. The number of nitrogens with two attached hydrogens (primary N) is 1. The third-order valence-electron chi connectivity index (χ3n) is 3.76. The minimum Gasteiger partial charge on any atom is -0.354 e. The lowest BCUT2D eigenvalue weighted by Gasteiger charge is -2.13. The molecule has 1 unspecified atom stereocenters. The number of sulfonamides is 1. The molecule has 0 amide bonds. The summed E-state index contributed by atoms with van der Waals surface area (Å²) in [6.45, 7) is 1.89. The Morgan fingerprint density at radius 1 is 1.19 bits per heavy atom. The van der Waals surface area contributed by atoms with Gasteiger partial charge in [-0.1, -0.05) is 35.6 Å². The molecule has 1 heterocycles. The third kappa shape index (κ3) is 4.63. The molecule has 6 nitrogen and oxygen atoms in total. The van der Waals surface area contributed by atoms with Gasteiger partial charge >= 0.3 is 0 Å². The van der Waals surface area contributed by atoms with Crippen molar-refractivity contribution in [3.63, 3.8) is 0 Å². The number of halogens is 1. The van der Waals surface area contributed by atoms with Crippen LogP contribution in [0.3, 0.4) is 0 Å². The van der Waals surface area contributed by atoms with E-state index in [-0.39, 0.29) is 16.8 Å². The molecule has 3 aromatic rings. The molecule has 9 heteroatoms. The van der Waals surface area contributed by atoms with Crippen molar-refractivity contribution in [3.05, 3.63) is 70.5 Å². The Balaban J connectivity index is 1.69. The van der Waals surface area contributed by atoms with Gasteiger partial charge in [0.15, 0.2) is 0 Å². The van der Waals surface area contributed by atoms with Crippen LogP contribution in [0.5, 0.6) is 0 Å². The third-order valence-corrected chi connectivity index (χ3v) is 5.53. The average Bonchev–Trinajstić information content (AvgIpc) is 3.03. The van der Waals surface area contributed by atoms with Crippen molar-refractivity contribution < 1.29 is 12.8 Å². The zero-order valence-corrected chi connectivity index (χ0v) is 15.5. The minimum absolute atomic E-state index is 0.0675. The van der Waals surface area contributed by atoms with Gasteiger partial charge in [-0.05, 0) is 42.3 Å². The molecule has 0 aliphatic heterocycles. The number of rotatable bonds is 6. The van der Waals surface area contributed by atoms with E-state index in [9.17, 15) is 12.8 Å². The summed E-state index contributed by atoms with van der Waals surface area (Å²) in [4.78, 5) is 0.0675. The van der Waals surface area contributed by atoms with Crippen molar-refractivity contribution >= 4 is 26.5 Å². The van der Waals surface area contributed by atoms with Crippen molar-refractivity contribution in [2.45, 2.75) is 24.3 Å². The van der Waals surface area contributed by atoms with Crippen molar-refractivity contribution in [1.82, 2.24) is 10.2 Å². The van der Waals surface area contributed by atoms with E-state index in [4.69, 9.17) is 5.14 Å². The second-order valence-corrected chi connectivity index (χ2v) is 8.41. The van der Waals surface area contributed by atoms with Gasteiger partial charge in [-0.2, -0.15) is 0 Å². The van der Waals surface area contributed by atoms with E-state index < -0.39 is 10.0 Å². The van der Waals surface area contributed by atoms with Crippen molar-refractivity contribution in [2.24, 2.45) is 5.14 Å². The summed E-state index contributed by atoms with van der Waals surface area (Å²) in [5.41, 5.74) is 1.72. The average molecular weight is 392 g/mol. The molecule has 136 valence electrons. The Morgan fingerprint density at radius 3 is 2.62 bits per heavy atom. The highest BCUT2D eigenvalue weighted by Gasteiger charge is 2.13. The molecule has 2 aromatic carbocycles. The fourth-order valence-electron chi connectivity index (χ4n) is 2.39. The molecule has 0 saturated carbocycles. The van der Waals surface area contributed by atoms with Gasteiger partial charge in [0.25, 0.3) is 0 Å². The zero-order chi connectivity index (χ0) is 18.7. The molecule has 0 spiro atoms. The number of nitrogens with zero attached hydrogens (tertiary/aromatic N) is 2. The van der Waals surface area contributed by atoms with Crippen LogP contribution in [0, 0.1) is 5.82 Å². The number of anilines is 1. The molecule has 1 aromatic heterocycles. The summed E-state index contributed by atoms with van der Waals surface area (Å²) in [6.07, 6.45) is 0.564. The molecular formula is C17H17FN4O2S2. The lowest BCUT2D eigenvalue weighted by molar-refractivity contribution is 0.597. The summed E-state index contributed by atoms with van der Waals surface area (Å²) in [5, 5.41) is 18.0. The fourth-order valence-corrected chi connectivity index (χ4v) is 3.82. The summed E-state index contributed by atoms with van der Waals surface area (Å²) >= 11 is 1.39. The maximum atomic E-state index is 13.0. The van der Waals surface area contributed by atoms with Crippen LogP contribution in [0.1, 0.15) is 29.1 Å². The smallest absolute Gasteiger partial charge is 0.238 e. The van der Waals surface area contributed by atoms with Crippen LogP contribution in [0.4, 0.5) is 9.52 Å². The van der Waals surface area contributed by atoms with Gasteiger partial charge in [-0.25, -0.2) is 17.9 Å². The number of hydrogen-bond acceptors (Lipinski definition) is 6. The molecule has 0 radical (unpaired) electrons. The zero-order valence-electron chi connectivity index (χ0n) is 13.9. The highest BCUT2D eigenvalue weighted by atomic mass is 32.2. The first-order chi connectivity index (χ1) is 12.3. The predicted molar refractivity (Wildman–Crippen MR) is 99.0 cm³/mol. The first-order valence-electron chi connectivity index (χ1n) is 7.77. The van der Waals surface area contributed by atoms with Gasteiger partial charge in [0.05, 0.1) is 10.9 Å². The van der Waals surface area contributed by atoms with E-state index in [1.54, 1.807) is 18.2 Å². The largest absolute Gasteiger partial charge is 0.354 e. The summed E-state index contributed by atoms with van der Waals surface area (Å²) in [5.74, 6) is -0.274. The van der Waals surface area contributed by atoms with Gasteiger partial charge in [-0.3, -0.25) is 0 Å². The lowest BCUT2D eigenvalue weighted by Crippen LogP contribution is -2.13. The maximum Gasteiger partial charge on any atom is 0.238 e. The second-order valence-electron chi connectivity index (χ2n) is 5.79. The molecule has 3 rings (SSSR count). The van der Waals surface area contributed by atoms with Crippen LogP contribution in [0.2, 0.25) is 0 Å². The lowest BCUT2D eigenvalue weighted by atomic mass is 10.1. The molecule has 1 atom stereocenters. The van der Waals surface area contributed by atoms with E-state index in [0.717, 1.165) is 16.1 Å². The molecule has 26 heavy (non-hydrogen) atoms. The Hall–Kier alpha value is -2.36. The molecule has 0 bridgehead atoms. The van der Waals surface area contributed by atoms with Crippen LogP contribution in [0.25, 0.3) is 0 Å². The molecule has 0 aliphatic carbocycles. The van der Waals surface area contributed by atoms with E-state index in [2.05, 4.69) is 15.5 Å². The Bertz CT molecular complexity index is 1000. The highest BCUT2D eigenvalue weighted by Crippen LogP contribution is 2.24. The predicted octanol–water partition coefficient (Wildman–Crippen LogP) is 3.09. The van der Waals surface area contributed by atoms with Gasteiger partial charge < -0.3 is 5.32 Å². The van der Waals surface area contributed by atoms with E-state index in [1.165, 1.54) is 35.6 Å². The van der Waals surface area contributed by atoms with Crippen molar-refractivity contribution in [3.8, 4) is 0 Å².